The molecule has 108 valence electrons. The van der Waals surface area contributed by atoms with Crippen molar-refractivity contribution in [3.63, 3.8) is 0 Å². The summed E-state index contributed by atoms with van der Waals surface area (Å²) in [4.78, 5) is 1.78. The molecule has 0 aromatic heterocycles. The van der Waals surface area contributed by atoms with Crippen LogP contribution in [0.15, 0.2) is 48.6 Å². The van der Waals surface area contributed by atoms with Crippen LogP contribution in [0.5, 0.6) is 0 Å². The van der Waals surface area contributed by atoms with Crippen molar-refractivity contribution in [1.29, 1.82) is 5.26 Å². The summed E-state index contributed by atoms with van der Waals surface area (Å²) in [6.07, 6.45) is 5.66. The number of thiocarbonyl (C=S) groups is 1. The lowest BCUT2D eigenvalue weighted by atomic mass is 10.1. The molecule has 0 fully saturated rings. The zero-order valence-electron chi connectivity index (χ0n) is 11.2. The Bertz CT molecular complexity index is 634. The van der Waals surface area contributed by atoms with Crippen molar-refractivity contribution in [3.8, 4) is 6.07 Å². The van der Waals surface area contributed by atoms with Gasteiger partial charge in [-0.15, -0.1) is 0 Å². The number of nitrogens with two attached hydrogens (primary N) is 1. The first-order valence-electron chi connectivity index (χ1n) is 6.24. The molecule has 5 nitrogen and oxygen atoms in total. The molecule has 1 aromatic carbocycles. The minimum absolute atomic E-state index is 0.112. The molecule has 1 aliphatic heterocycles. The Labute approximate surface area is 127 Å². The van der Waals surface area contributed by atoms with E-state index in [0.717, 1.165) is 5.56 Å². The van der Waals surface area contributed by atoms with Crippen molar-refractivity contribution >= 4 is 17.3 Å². The van der Waals surface area contributed by atoms with Crippen LogP contribution in [0.4, 0.5) is 4.39 Å². The molecule has 7 heteroatoms. The van der Waals surface area contributed by atoms with Crippen molar-refractivity contribution in [2.24, 2.45) is 5.73 Å². The summed E-state index contributed by atoms with van der Waals surface area (Å²) in [7, 11) is 0. The number of allylic oxidation sites excluding steroid dienone is 1. The second-order valence-corrected chi connectivity index (χ2v) is 4.82. The molecule has 0 bridgehead atoms. The number of halogens is 1. The molecule has 0 radical (unpaired) electrons. The van der Waals surface area contributed by atoms with Gasteiger partial charge in [-0.1, -0.05) is 12.1 Å². The van der Waals surface area contributed by atoms with E-state index < -0.39 is 0 Å². The summed E-state index contributed by atoms with van der Waals surface area (Å²) in [6, 6.07) is 8.52. The Morgan fingerprint density at radius 1 is 1.43 bits per heavy atom. The third-order valence-corrected chi connectivity index (χ3v) is 2.95. The maximum absolute atomic E-state index is 13.1. The largest absolute Gasteiger partial charge is 0.375 e. The van der Waals surface area contributed by atoms with Gasteiger partial charge in [0.2, 0.25) is 0 Å². The van der Waals surface area contributed by atoms with Gasteiger partial charge in [0.15, 0.2) is 5.11 Å². The third-order valence-electron chi connectivity index (χ3n) is 2.86. The molecule has 0 saturated heterocycles. The molecule has 0 amide bonds. The van der Waals surface area contributed by atoms with Crippen LogP contribution in [0.25, 0.3) is 0 Å². The van der Waals surface area contributed by atoms with Crippen LogP contribution in [0.3, 0.4) is 0 Å². The van der Waals surface area contributed by atoms with E-state index in [-0.39, 0.29) is 10.9 Å². The monoisotopic (exact) mass is 303 g/mol. The van der Waals surface area contributed by atoms with Crippen LogP contribution in [-0.2, 0) is 6.42 Å². The normalized spacial score (nSPS) is 13.6. The lowest BCUT2D eigenvalue weighted by molar-refractivity contribution is 0.381. The van der Waals surface area contributed by atoms with Crippen LogP contribution >= 0.6 is 12.2 Å². The lowest BCUT2D eigenvalue weighted by Gasteiger charge is -2.27. The first-order chi connectivity index (χ1) is 10.1. The van der Waals surface area contributed by atoms with Gasteiger partial charge in [-0.05, 0) is 36.3 Å². The van der Waals surface area contributed by atoms with Crippen molar-refractivity contribution in [2.45, 2.75) is 6.42 Å². The van der Waals surface area contributed by atoms with E-state index in [1.54, 1.807) is 29.6 Å². The minimum atomic E-state index is -0.260. The Balaban J connectivity index is 2.00. The average molecular weight is 303 g/mol. The highest BCUT2D eigenvalue weighted by atomic mass is 32.1. The third kappa shape index (κ3) is 4.19. The number of hydrazine groups is 1. The quantitative estimate of drug-likeness (QED) is 0.823. The number of nitrogens with zero attached hydrogens (tertiary/aromatic N) is 3. The Morgan fingerprint density at radius 3 is 2.90 bits per heavy atom. The van der Waals surface area contributed by atoms with Crippen LogP contribution in [0.2, 0.25) is 0 Å². The lowest BCUT2D eigenvalue weighted by Crippen LogP contribution is -2.41. The van der Waals surface area contributed by atoms with Gasteiger partial charge in [0.25, 0.3) is 0 Å². The predicted molar refractivity (Wildman–Crippen MR) is 81.4 cm³/mol. The van der Waals surface area contributed by atoms with Crippen molar-refractivity contribution in [1.82, 2.24) is 15.3 Å². The van der Waals surface area contributed by atoms with Gasteiger partial charge in [-0.2, -0.15) is 5.26 Å². The molecule has 1 aliphatic rings. The Morgan fingerprint density at radius 2 is 2.24 bits per heavy atom. The van der Waals surface area contributed by atoms with E-state index in [9.17, 15) is 9.65 Å². The first kappa shape index (κ1) is 14.8. The molecule has 1 aromatic rings. The maximum Gasteiger partial charge on any atom is 0.183 e. The van der Waals surface area contributed by atoms with E-state index in [0.29, 0.717) is 18.7 Å². The van der Waals surface area contributed by atoms with Crippen molar-refractivity contribution in [3.05, 3.63) is 59.9 Å². The zero-order chi connectivity index (χ0) is 15.2. The summed E-state index contributed by atoms with van der Waals surface area (Å²) in [5, 5.41) is 10.8. The number of nitriles is 1. The molecule has 0 spiro atoms. The number of nitrogens with one attached hydrogen (secondary N) is 1. The number of hydrogen-bond acceptors (Lipinski definition) is 4. The van der Waals surface area contributed by atoms with E-state index in [1.165, 1.54) is 17.1 Å². The molecule has 0 unspecified atom stereocenters. The molecule has 21 heavy (non-hydrogen) atoms. The van der Waals surface area contributed by atoms with Gasteiger partial charge in [0.05, 0.1) is 6.20 Å². The fourth-order valence-electron chi connectivity index (χ4n) is 1.91. The summed E-state index contributed by atoms with van der Waals surface area (Å²) in [5.74, 6) is -0.260. The minimum Gasteiger partial charge on any atom is -0.375 e. The van der Waals surface area contributed by atoms with Crippen LogP contribution in [0.1, 0.15) is 5.56 Å². The standard InChI is InChI=1S/C14H14FN5S/c15-12-3-1-2-11(8-12)4-5-19-6-7-20(18-14(17)21)10-13(19)9-16/h1-3,6-8,10H,4-5H2,(H3,17,18,21). The molecule has 0 saturated carbocycles. The van der Waals surface area contributed by atoms with Gasteiger partial charge >= 0.3 is 0 Å². The summed E-state index contributed by atoms with van der Waals surface area (Å²) < 4.78 is 13.1. The van der Waals surface area contributed by atoms with E-state index >= 15 is 0 Å². The van der Waals surface area contributed by atoms with Crippen LogP contribution in [-0.4, -0.2) is 21.6 Å². The fourth-order valence-corrected chi connectivity index (χ4v) is 2.01. The highest BCUT2D eigenvalue weighted by molar-refractivity contribution is 7.80. The number of rotatable bonds is 4. The zero-order valence-corrected chi connectivity index (χ0v) is 12.0. The van der Waals surface area contributed by atoms with E-state index in [2.05, 4.69) is 11.5 Å². The van der Waals surface area contributed by atoms with Crippen molar-refractivity contribution < 1.29 is 4.39 Å². The highest BCUT2D eigenvalue weighted by Gasteiger charge is 2.13. The maximum atomic E-state index is 13.1. The molecule has 0 aliphatic carbocycles. The number of benzene rings is 1. The van der Waals surface area contributed by atoms with Crippen LogP contribution < -0.4 is 11.2 Å². The second kappa shape index (κ2) is 6.72. The Hall–Kier alpha value is -2.59. The summed E-state index contributed by atoms with van der Waals surface area (Å²) in [5.41, 5.74) is 9.40. The summed E-state index contributed by atoms with van der Waals surface area (Å²) in [6.45, 7) is 0.570. The van der Waals surface area contributed by atoms with E-state index in [1.807, 2.05) is 6.07 Å². The summed E-state index contributed by atoms with van der Waals surface area (Å²) >= 11 is 4.74. The van der Waals surface area contributed by atoms with Gasteiger partial charge in [0.1, 0.15) is 17.6 Å². The Kier molecular flexibility index (Phi) is 4.74. The fraction of sp³-hybridized carbons (Fsp3) is 0.143. The van der Waals surface area contributed by atoms with Crippen molar-refractivity contribution in [2.75, 3.05) is 6.54 Å². The predicted octanol–water partition coefficient (Wildman–Crippen LogP) is 1.57. The second-order valence-electron chi connectivity index (χ2n) is 4.38. The average Bonchev–Trinajstić information content (AvgIpc) is 2.45. The topological polar surface area (TPSA) is 68.3 Å². The molecular formula is C14H14FN5S. The van der Waals surface area contributed by atoms with Gasteiger partial charge in [-0.3, -0.25) is 10.4 Å². The number of hydrogen-bond donors (Lipinski definition) is 2. The SMILES string of the molecule is N#CC1=CN(NC(N)=S)C=CN1CCc1cccc(F)c1. The first-order valence-corrected chi connectivity index (χ1v) is 6.65. The van der Waals surface area contributed by atoms with Gasteiger partial charge < -0.3 is 10.6 Å². The molecule has 3 N–H and O–H groups in total. The molecule has 2 rings (SSSR count). The van der Waals surface area contributed by atoms with Crippen LogP contribution in [0, 0.1) is 17.1 Å². The van der Waals surface area contributed by atoms with E-state index in [4.69, 9.17) is 18.0 Å². The smallest absolute Gasteiger partial charge is 0.183 e. The van der Waals surface area contributed by atoms with Gasteiger partial charge in [-0.25, -0.2) is 4.39 Å². The van der Waals surface area contributed by atoms with Gasteiger partial charge in [0, 0.05) is 18.9 Å². The molecule has 0 atom stereocenters. The molecule has 1 heterocycles. The highest BCUT2D eigenvalue weighted by Crippen LogP contribution is 2.13. The molecular weight excluding hydrogens is 289 g/mol.